The normalized spacial score (nSPS) is 10.1. The van der Waals surface area contributed by atoms with E-state index in [4.69, 9.17) is 11.6 Å². The summed E-state index contributed by atoms with van der Waals surface area (Å²) in [4.78, 5) is 21.4. The number of nitrogens with zero attached hydrogens (tertiary/aromatic N) is 1. The summed E-state index contributed by atoms with van der Waals surface area (Å²) in [6, 6.07) is 2.46. The number of Topliss-reactive ketones (excluding diaryl/α,β-unsaturated/α-hetero) is 1. The number of halogens is 3. The number of carbonyl (C=O) groups excluding carboxylic acids is 1. The fourth-order valence-corrected chi connectivity index (χ4v) is 2.08. The van der Waals surface area contributed by atoms with Crippen LogP contribution in [-0.2, 0) is 0 Å². The van der Waals surface area contributed by atoms with Gasteiger partial charge in [-0.05, 0) is 22.6 Å². The van der Waals surface area contributed by atoms with E-state index in [0.717, 1.165) is 0 Å². The number of nitro groups is 1. The maximum atomic E-state index is 11.4. The Balaban J connectivity index is 3.37. The first-order valence-corrected chi connectivity index (χ1v) is 6.27. The van der Waals surface area contributed by atoms with E-state index in [0.29, 0.717) is 3.57 Å². The van der Waals surface area contributed by atoms with Gasteiger partial charge in [-0.3, -0.25) is 14.9 Å². The molecular weight excluding hydrogens is 400 g/mol. The zero-order chi connectivity index (χ0) is 11.6. The largest absolute Gasteiger partial charge is 0.293 e. The molecule has 0 spiro atoms. The van der Waals surface area contributed by atoms with Gasteiger partial charge in [-0.1, -0.05) is 27.5 Å². The van der Waals surface area contributed by atoms with Crippen LogP contribution in [0.5, 0.6) is 0 Å². The second-order valence-corrected chi connectivity index (χ2v) is 4.65. The van der Waals surface area contributed by atoms with Crippen molar-refractivity contribution in [2.75, 3.05) is 5.33 Å². The van der Waals surface area contributed by atoms with Crippen LogP contribution < -0.4 is 0 Å². The fourth-order valence-electron chi connectivity index (χ4n) is 0.955. The van der Waals surface area contributed by atoms with Gasteiger partial charge in [0.2, 0.25) is 0 Å². The number of hydrogen-bond donors (Lipinski definition) is 0. The molecule has 0 unspecified atom stereocenters. The van der Waals surface area contributed by atoms with Crippen molar-refractivity contribution in [3.63, 3.8) is 0 Å². The SMILES string of the molecule is O=C(CBr)c1cc([N+](=O)[O-])cc(Cl)c1I. The van der Waals surface area contributed by atoms with Gasteiger partial charge in [0, 0.05) is 21.3 Å². The van der Waals surface area contributed by atoms with E-state index in [1.54, 1.807) is 0 Å². The Bertz CT molecular complexity index is 438. The molecule has 1 rings (SSSR count). The molecule has 0 N–H and O–H groups in total. The number of non-ortho nitro benzene ring substituents is 1. The molecule has 1 aromatic rings. The van der Waals surface area contributed by atoms with Crippen LogP contribution in [0.3, 0.4) is 0 Å². The van der Waals surface area contributed by atoms with E-state index in [2.05, 4.69) is 15.9 Å². The maximum Gasteiger partial charge on any atom is 0.271 e. The average molecular weight is 404 g/mol. The van der Waals surface area contributed by atoms with Gasteiger partial charge < -0.3 is 0 Å². The summed E-state index contributed by atoms with van der Waals surface area (Å²) in [5, 5.41) is 10.9. The second kappa shape index (κ2) is 5.22. The molecule has 0 atom stereocenters. The minimum atomic E-state index is -0.576. The zero-order valence-corrected chi connectivity index (χ0v) is 11.7. The van der Waals surface area contributed by atoms with Gasteiger partial charge in [-0.2, -0.15) is 0 Å². The Morgan fingerprint density at radius 3 is 2.67 bits per heavy atom. The van der Waals surface area contributed by atoms with Crippen molar-refractivity contribution in [1.82, 2.24) is 0 Å². The summed E-state index contributed by atoms with van der Waals surface area (Å²) in [6.07, 6.45) is 0. The predicted molar refractivity (Wildman–Crippen MR) is 68.9 cm³/mol. The van der Waals surface area contributed by atoms with Crippen LogP contribution in [0.1, 0.15) is 10.4 Å². The van der Waals surface area contributed by atoms with Crippen LogP contribution in [0, 0.1) is 13.7 Å². The third-order valence-corrected chi connectivity index (χ3v) is 3.93. The third-order valence-electron chi connectivity index (χ3n) is 1.65. The minimum Gasteiger partial charge on any atom is -0.293 e. The van der Waals surface area contributed by atoms with Gasteiger partial charge in [0.1, 0.15) is 0 Å². The van der Waals surface area contributed by atoms with Gasteiger partial charge in [0.25, 0.3) is 5.69 Å². The van der Waals surface area contributed by atoms with Crippen molar-refractivity contribution in [1.29, 1.82) is 0 Å². The summed E-state index contributed by atoms with van der Waals surface area (Å²) in [6.45, 7) is 0. The first kappa shape index (κ1) is 12.9. The van der Waals surface area contributed by atoms with Gasteiger partial charge in [0.05, 0.1) is 15.3 Å². The molecule has 0 aliphatic heterocycles. The van der Waals surface area contributed by atoms with Crippen molar-refractivity contribution < 1.29 is 9.72 Å². The highest BCUT2D eigenvalue weighted by Crippen LogP contribution is 2.28. The lowest BCUT2D eigenvalue weighted by molar-refractivity contribution is -0.384. The quantitative estimate of drug-likeness (QED) is 0.255. The standard InChI is InChI=1S/C8H4BrClINO3/c9-3-7(13)5-1-4(12(14)15)2-6(10)8(5)11/h1-2H,3H2. The summed E-state index contributed by atoms with van der Waals surface area (Å²) >= 11 is 10.7. The van der Waals surface area contributed by atoms with Crippen LogP contribution in [0.15, 0.2) is 12.1 Å². The number of hydrogen-bond acceptors (Lipinski definition) is 3. The van der Waals surface area contributed by atoms with E-state index in [-0.39, 0.29) is 27.4 Å². The Morgan fingerprint density at radius 1 is 1.60 bits per heavy atom. The average Bonchev–Trinajstić information content (AvgIpc) is 2.20. The van der Waals surface area contributed by atoms with E-state index < -0.39 is 4.92 Å². The smallest absolute Gasteiger partial charge is 0.271 e. The number of benzene rings is 1. The Hall–Kier alpha value is -0.210. The fraction of sp³-hybridized carbons (Fsp3) is 0.125. The summed E-state index contributed by atoms with van der Waals surface area (Å²) in [7, 11) is 0. The van der Waals surface area contributed by atoms with Crippen molar-refractivity contribution in [3.05, 3.63) is 36.4 Å². The summed E-state index contributed by atoms with van der Waals surface area (Å²) in [5.41, 5.74) is 0.0939. The number of carbonyl (C=O) groups is 1. The van der Waals surface area contributed by atoms with Crippen LogP contribution >= 0.6 is 50.1 Å². The number of alkyl halides is 1. The van der Waals surface area contributed by atoms with Gasteiger partial charge in [-0.15, -0.1) is 0 Å². The predicted octanol–water partition coefficient (Wildman–Crippen LogP) is 3.43. The van der Waals surface area contributed by atoms with E-state index >= 15 is 0 Å². The lowest BCUT2D eigenvalue weighted by Crippen LogP contribution is -2.04. The first-order valence-electron chi connectivity index (χ1n) is 3.70. The molecular formula is C8H4BrClINO3. The molecule has 0 aliphatic carbocycles. The van der Waals surface area contributed by atoms with Crippen molar-refractivity contribution >= 4 is 61.6 Å². The van der Waals surface area contributed by atoms with Gasteiger partial charge >= 0.3 is 0 Å². The summed E-state index contributed by atoms with van der Waals surface area (Å²) < 4.78 is 0.532. The highest BCUT2D eigenvalue weighted by atomic mass is 127. The Labute approximate surface area is 112 Å². The molecule has 0 heterocycles. The van der Waals surface area contributed by atoms with E-state index in [1.807, 2.05) is 22.6 Å². The van der Waals surface area contributed by atoms with Crippen molar-refractivity contribution in [2.45, 2.75) is 0 Å². The van der Waals surface area contributed by atoms with Crippen LogP contribution in [0.2, 0.25) is 5.02 Å². The highest BCUT2D eigenvalue weighted by molar-refractivity contribution is 14.1. The molecule has 1 aromatic carbocycles. The van der Waals surface area contributed by atoms with Crippen LogP contribution in [0.4, 0.5) is 5.69 Å². The lowest BCUT2D eigenvalue weighted by Gasteiger charge is -2.03. The molecule has 0 saturated heterocycles. The summed E-state index contributed by atoms with van der Waals surface area (Å²) in [5.74, 6) is -0.231. The molecule has 0 fully saturated rings. The van der Waals surface area contributed by atoms with Crippen LogP contribution in [-0.4, -0.2) is 16.0 Å². The number of rotatable bonds is 3. The monoisotopic (exact) mass is 403 g/mol. The second-order valence-electron chi connectivity index (χ2n) is 2.60. The third kappa shape index (κ3) is 2.88. The minimum absolute atomic E-state index is 0.112. The highest BCUT2D eigenvalue weighted by Gasteiger charge is 2.17. The van der Waals surface area contributed by atoms with E-state index in [9.17, 15) is 14.9 Å². The molecule has 80 valence electrons. The molecule has 0 bridgehead atoms. The number of ketones is 1. The van der Waals surface area contributed by atoms with Crippen molar-refractivity contribution in [2.24, 2.45) is 0 Å². The molecule has 0 amide bonds. The first-order chi connectivity index (χ1) is 6.97. The van der Waals surface area contributed by atoms with Gasteiger partial charge in [-0.25, -0.2) is 0 Å². The molecule has 4 nitrogen and oxygen atoms in total. The number of nitro benzene ring substituents is 1. The van der Waals surface area contributed by atoms with Gasteiger partial charge in [0.15, 0.2) is 5.78 Å². The maximum absolute atomic E-state index is 11.4. The molecule has 0 aromatic heterocycles. The molecule has 0 saturated carbocycles. The lowest BCUT2D eigenvalue weighted by atomic mass is 10.1. The Morgan fingerprint density at radius 2 is 2.20 bits per heavy atom. The molecule has 7 heteroatoms. The van der Waals surface area contributed by atoms with Crippen molar-refractivity contribution in [3.8, 4) is 0 Å². The zero-order valence-electron chi connectivity index (χ0n) is 7.17. The molecule has 0 aliphatic rings. The topological polar surface area (TPSA) is 60.2 Å². The molecule has 15 heavy (non-hydrogen) atoms. The van der Waals surface area contributed by atoms with Crippen LogP contribution in [0.25, 0.3) is 0 Å². The Kier molecular flexibility index (Phi) is 4.47. The van der Waals surface area contributed by atoms with E-state index in [1.165, 1.54) is 12.1 Å². The molecule has 0 radical (unpaired) electrons.